The minimum Gasteiger partial charge on any atom is -0.135 e. The molecule has 56 heavy (non-hydrogen) atoms. The summed E-state index contributed by atoms with van der Waals surface area (Å²) in [6.07, 6.45) is 0. The first kappa shape index (κ1) is 31.8. The fourth-order valence-electron chi connectivity index (χ4n) is 10.2. The van der Waals surface area contributed by atoms with Crippen LogP contribution in [0.5, 0.6) is 0 Å². The van der Waals surface area contributed by atoms with Gasteiger partial charge in [0.25, 0.3) is 0 Å². The van der Waals surface area contributed by atoms with Gasteiger partial charge < -0.3 is 0 Å². The van der Waals surface area contributed by atoms with Gasteiger partial charge in [0.05, 0.1) is 0 Å². The Morgan fingerprint density at radius 2 is 0.929 bits per heavy atom. The van der Waals surface area contributed by atoms with Gasteiger partial charge in [0.1, 0.15) is 0 Å². The van der Waals surface area contributed by atoms with E-state index in [0.717, 1.165) is 0 Å². The zero-order valence-corrected chi connectivity index (χ0v) is 32.0. The van der Waals surface area contributed by atoms with Gasteiger partial charge in [-0.2, -0.15) is 0 Å². The molecule has 1 heteroatoms. The van der Waals surface area contributed by atoms with Crippen LogP contribution in [0.3, 0.4) is 0 Å². The Labute approximate surface area is 329 Å². The third kappa shape index (κ3) is 4.35. The van der Waals surface area contributed by atoms with Crippen molar-refractivity contribution < 1.29 is 0 Å². The summed E-state index contributed by atoms with van der Waals surface area (Å²) in [5, 5.41) is 13.1. The maximum Gasteiger partial charge on any atom is 0.0402 e. The zero-order chi connectivity index (χ0) is 37.1. The zero-order valence-electron chi connectivity index (χ0n) is 31.2. The van der Waals surface area contributed by atoms with Crippen LogP contribution in [0, 0.1) is 0 Å². The molecular weight excluding hydrogens is 693 g/mol. The Hall–Kier alpha value is -6.54. The Kier molecular flexibility index (Phi) is 6.66. The fraction of sp³-hybridized carbons (Fsp3) is 0.0545. The van der Waals surface area contributed by atoms with E-state index in [1.807, 2.05) is 11.3 Å². The van der Waals surface area contributed by atoms with E-state index in [-0.39, 0.29) is 5.41 Å². The van der Waals surface area contributed by atoms with Crippen LogP contribution >= 0.6 is 11.3 Å². The predicted octanol–water partition coefficient (Wildman–Crippen LogP) is 16.0. The van der Waals surface area contributed by atoms with Gasteiger partial charge in [0.15, 0.2) is 0 Å². The average Bonchev–Trinajstić information content (AvgIpc) is 3.74. The average molecular weight is 729 g/mol. The molecule has 0 saturated heterocycles. The maximum atomic E-state index is 2.49. The highest BCUT2D eigenvalue weighted by Crippen LogP contribution is 2.55. The molecule has 12 rings (SSSR count). The summed E-state index contributed by atoms with van der Waals surface area (Å²) in [5.41, 5.74) is 13.1. The Morgan fingerprint density at radius 3 is 1.64 bits per heavy atom. The number of rotatable bonds is 3. The molecule has 0 N–H and O–H groups in total. The lowest BCUT2D eigenvalue weighted by atomic mass is 9.80. The van der Waals surface area contributed by atoms with Crippen molar-refractivity contribution in [3.63, 3.8) is 0 Å². The highest BCUT2D eigenvalue weighted by atomic mass is 32.1. The van der Waals surface area contributed by atoms with Crippen LogP contribution in [0.15, 0.2) is 182 Å². The second-order valence-electron chi connectivity index (χ2n) is 15.9. The molecule has 0 nitrogen and oxygen atoms in total. The number of thiophene rings is 1. The molecule has 0 bridgehead atoms. The summed E-state index contributed by atoms with van der Waals surface area (Å²) in [6, 6.07) is 68.0. The Morgan fingerprint density at radius 1 is 0.375 bits per heavy atom. The Balaban J connectivity index is 1.05. The molecule has 1 aromatic heterocycles. The second kappa shape index (κ2) is 11.7. The molecule has 0 spiro atoms. The number of hydrogen-bond acceptors (Lipinski definition) is 1. The molecule has 1 aliphatic rings. The van der Waals surface area contributed by atoms with Gasteiger partial charge in [-0.05, 0) is 111 Å². The molecule has 0 amide bonds. The van der Waals surface area contributed by atoms with Gasteiger partial charge in [0.2, 0.25) is 0 Å². The standard InChI is InChI=1S/C55H36S/c1-55(2)48-32-35(24-26-40(48)46-29-30-47-52-37-17-7-6-14-33(37)25-31-49(52)56-54(47)53(46)55)36-27-28-45(39-19-9-8-18-38(36)39)51-43-22-12-10-20-41(43)50(34-15-4-3-5-16-34)42-21-11-13-23-44(42)51/h3-32H,1-2H3. The molecule has 0 fully saturated rings. The van der Waals surface area contributed by atoms with Gasteiger partial charge in [-0.25, -0.2) is 0 Å². The van der Waals surface area contributed by atoms with Gasteiger partial charge in [-0.15, -0.1) is 11.3 Å². The van der Waals surface area contributed by atoms with Crippen LogP contribution in [0.1, 0.15) is 25.0 Å². The normalized spacial score (nSPS) is 13.3. The molecule has 262 valence electrons. The van der Waals surface area contributed by atoms with Crippen molar-refractivity contribution in [1.82, 2.24) is 0 Å². The SMILES string of the molecule is CC1(C)c2cc(-c3ccc(-c4c5ccccc5c(-c5ccccc5)c5ccccc45)c4ccccc34)ccc2-c2ccc3c(sc4ccc5ccccc5c43)c21. The van der Waals surface area contributed by atoms with E-state index < -0.39 is 0 Å². The fourth-order valence-corrected chi connectivity index (χ4v) is 11.6. The van der Waals surface area contributed by atoms with Crippen LogP contribution in [0.25, 0.3) is 108 Å². The Bertz CT molecular complexity index is 3380. The molecule has 11 aromatic rings. The van der Waals surface area contributed by atoms with Crippen molar-refractivity contribution in [2.24, 2.45) is 0 Å². The van der Waals surface area contributed by atoms with Crippen molar-refractivity contribution in [3.05, 3.63) is 193 Å². The van der Waals surface area contributed by atoms with Gasteiger partial charge >= 0.3 is 0 Å². The van der Waals surface area contributed by atoms with Crippen LogP contribution in [0.4, 0.5) is 0 Å². The largest absolute Gasteiger partial charge is 0.135 e. The lowest BCUT2D eigenvalue weighted by Gasteiger charge is -2.23. The number of fused-ring (bicyclic) bond motifs is 12. The molecular formula is C55H36S. The van der Waals surface area contributed by atoms with Crippen LogP contribution in [0.2, 0.25) is 0 Å². The molecule has 0 unspecified atom stereocenters. The number of hydrogen-bond donors (Lipinski definition) is 0. The number of benzene rings is 10. The summed E-state index contributed by atoms with van der Waals surface area (Å²) in [7, 11) is 0. The van der Waals surface area contributed by atoms with Crippen LogP contribution in [-0.4, -0.2) is 0 Å². The predicted molar refractivity (Wildman–Crippen MR) is 243 cm³/mol. The van der Waals surface area contributed by atoms with E-state index in [0.29, 0.717) is 0 Å². The molecule has 1 heterocycles. The van der Waals surface area contributed by atoms with E-state index in [2.05, 4.69) is 196 Å². The summed E-state index contributed by atoms with van der Waals surface area (Å²) in [6.45, 7) is 4.86. The van der Waals surface area contributed by atoms with Gasteiger partial charge in [0, 0.05) is 25.6 Å². The first-order chi connectivity index (χ1) is 27.6. The van der Waals surface area contributed by atoms with Crippen LogP contribution in [-0.2, 0) is 5.41 Å². The minimum absolute atomic E-state index is 0.148. The summed E-state index contributed by atoms with van der Waals surface area (Å²) >= 11 is 1.96. The summed E-state index contributed by atoms with van der Waals surface area (Å²) in [4.78, 5) is 0. The molecule has 0 atom stereocenters. The molecule has 0 radical (unpaired) electrons. The molecule has 1 aliphatic carbocycles. The summed E-state index contributed by atoms with van der Waals surface area (Å²) in [5.74, 6) is 0. The van der Waals surface area contributed by atoms with Crippen molar-refractivity contribution >= 4 is 74.6 Å². The second-order valence-corrected chi connectivity index (χ2v) is 17.0. The maximum absolute atomic E-state index is 2.49. The first-order valence-electron chi connectivity index (χ1n) is 19.6. The van der Waals surface area contributed by atoms with E-state index >= 15 is 0 Å². The third-order valence-corrected chi connectivity index (χ3v) is 13.8. The molecule has 0 saturated carbocycles. The molecule has 10 aromatic carbocycles. The van der Waals surface area contributed by atoms with E-state index in [9.17, 15) is 0 Å². The van der Waals surface area contributed by atoms with E-state index in [4.69, 9.17) is 0 Å². The smallest absolute Gasteiger partial charge is 0.0402 e. The van der Waals surface area contributed by atoms with Crippen LogP contribution < -0.4 is 0 Å². The highest BCUT2D eigenvalue weighted by molar-refractivity contribution is 7.26. The monoisotopic (exact) mass is 728 g/mol. The van der Waals surface area contributed by atoms with E-state index in [1.165, 1.54) is 119 Å². The van der Waals surface area contributed by atoms with Gasteiger partial charge in [-0.1, -0.05) is 184 Å². The van der Waals surface area contributed by atoms with Crippen molar-refractivity contribution in [2.75, 3.05) is 0 Å². The first-order valence-corrected chi connectivity index (χ1v) is 20.4. The van der Waals surface area contributed by atoms with E-state index in [1.54, 1.807) is 0 Å². The lowest BCUT2D eigenvalue weighted by Crippen LogP contribution is -2.15. The molecule has 0 aliphatic heterocycles. The van der Waals surface area contributed by atoms with Gasteiger partial charge in [-0.3, -0.25) is 0 Å². The quantitative estimate of drug-likeness (QED) is 0.159. The topological polar surface area (TPSA) is 0 Å². The minimum atomic E-state index is -0.148. The van der Waals surface area contributed by atoms with Crippen molar-refractivity contribution in [3.8, 4) is 44.5 Å². The summed E-state index contributed by atoms with van der Waals surface area (Å²) < 4.78 is 2.78. The van der Waals surface area contributed by atoms with Crippen molar-refractivity contribution in [2.45, 2.75) is 19.3 Å². The highest BCUT2D eigenvalue weighted by Gasteiger charge is 2.38. The lowest BCUT2D eigenvalue weighted by molar-refractivity contribution is 0.667. The van der Waals surface area contributed by atoms with Crippen molar-refractivity contribution in [1.29, 1.82) is 0 Å². The third-order valence-electron chi connectivity index (χ3n) is 12.6.